The number of likely N-dealkylation sites (tertiary alicyclic amines) is 1. The average molecular weight is 340 g/mol. The van der Waals surface area contributed by atoms with E-state index in [1.807, 2.05) is 0 Å². The Balaban J connectivity index is 1.64. The van der Waals surface area contributed by atoms with E-state index < -0.39 is 5.82 Å². The molecule has 3 rings (SSSR count). The highest BCUT2D eigenvalue weighted by atomic mass is 35.5. The maximum atomic E-state index is 13.5. The van der Waals surface area contributed by atoms with Crippen molar-refractivity contribution >= 4 is 23.4 Å². The van der Waals surface area contributed by atoms with E-state index in [1.165, 1.54) is 19.0 Å². The third-order valence-electron chi connectivity index (χ3n) is 4.41. The molecule has 0 bridgehead atoms. The van der Waals surface area contributed by atoms with Crippen LogP contribution in [0, 0.1) is 17.7 Å². The van der Waals surface area contributed by atoms with Crippen LogP contribution in [0.15, 0.2) is 12.4 Å². The molecule has 1 aromatic heterocycles. The highest BCUT2D eigenvalue weighted by Gasteiger charge is 2.31. The van der Waals surface area contributed by atoms with E-state index in [1.54, 1.807) is 4.90 Å². The molecule has 2 aliphatic rings. The van der Waals surface area contributed by atoms with Crippen molar-refractivity contribution in [1.82, 2.24) is 15.2 Å². The first-order valence-electron chi connectivity index (χ1n) is 7.92. The fourth-order valence-electron chi connectivity index (χ4n) is 2.83. The second-order valence-corrected chi connectivity index (χ2v) is 6.64. The first-order valence-corrected chi connectivity index (χ1v) is 8.30. The van der Waals surface area contributed by atoms with Crippen LogP contribution in [0.2, 0.25) is 5.02 Å². The molecule has 1 aromatic rings. The number of piperidine rings is 1. The van der Waals surface area contributed by atoms with Crippen LogP contribution in [-0.4, -0.2) is 41.3 Å². The smallest absolute Gasteiger partial charge is 0.257 e. The minimum absolute atomic E-state index is 0.00198. The summed E-state index contributed by atoms with van der Waals surface area (Å²) in [5.41, 5.74) is 0.0469. The van der Waals surface area contributed by atoms with Gasteiger partial charge in [-0.3, -0.25) is 14.6 Å². The van der Waals surface area contributed by atoms with Gasteiger partial charge < -0.3 is 10.2 Å². The predicted octanol–water partition coefficient (Wildman–Crippen LogP) is 2.25. The standard InChI is InChI=1S/C16H19ClFN3O2/c17-14-12(7-19-8-13(14)18)16(23)21-5-1-2-11(9-21)15(22)20-6-10-3-4-10/h7-8,10-11H,1-6,9H2,(H,20,22)/t11-/m1/s1. The minimum atomic E-state index is -0.715. The largest absolute Gasteiger partial charge is 0.356 e. The van der Waals surface area contributed by atoms with Crippen molar-refractivity contribution in [2.24, 2.45) is 11.8 Å². The lowest BCUT2D eigenvalue weighted by Crippen LogP contribution is -2.45. The molecular formula is C16H19ClFN3O2. The quantitative estimate of drug-likeness (QED) is 0.915. The lowest BCUT2D eigenvalue weighted by Gasteiger charge is -2.32. The maximum absolute atomic E-state index is 13.5. The van der Waals surface area contributed by atoms with Crippen LogP contribution in [0.5, 0.6) is 0 Å². The molecule has 1 saturated heterocycles. The topological polar surface area (TPSA) is 62.3 Å². The molecule has 0 aromatic carbocycles. The van der Waals surface area contributed by atoms with Crippen molar-refractivity contribution in [1.29, 1.82) is 0 Å². The monoisotopic (exact) mass is 339 g/mol. The van der Waals surface area contributed by atoms with Gasteiger partial charge in [-0.15, -0.1) is 0 Å². The molecule has 5 nitrogen and oxygen atoms in total. The van der Waals surface area contributed by atoms with Gasteiger partial charge in [-0.2, -0.15) is 0 Å². The molecule has 1 saturated carbocycles. The zero-order valence-corrected chi connectivity index (χ0v) is 13.5. The Bertz CT molecular complexity index is 621. The Morgan fingerprint density at radius 2 is 2.13 bits per heavy atom. The number of hydrogen-bond donors (Lipinski definition) is 1. The van der Waals surface area contributed by atoms with E-state index in [9.17, 15) is 14.0 Å². The van der Waals surface area contributed by atoms with Gasteiger partial charge in [0.25, 0.3) is 5.91 Å². The number of nitrogens with zero attached hydrogens (tertiary/aromatic N) is 2. The number of rotatable bonds is 4. The molecule has 1 aliphatic carbocycles. The van der Waals surface area contributed by atoms with Gasteiger partial charge in [-0.1, -0.05) is 11.6 Å². The fourth-order valence-corrected chi connectivity index (χ4v) is 3.00. The van der Waals surface area contributed by atoms with Crippen LogP contribution in [0.25, 0.3) is 0 Å². The normalized spacial score (nSPS) is 21.1. The molecule has 2 fully saturated rings. The average Bonchev–Trinajstić information content (AvgIpc) is 3.39. The van der Waals surface area contributed by atoms with Crippen LogP contribution in [0.1, 0.15) is 36.0 Å². The Morgan fingerprint density at radius 3 is 2.87 bits per heavy atom. The molecule has 7 heteroatoms. The van der Waals surface area contributed by atoms with Crippen molar-refractivity contribution in [2.75, 3.05) is 19.6 Å². The summed E-state index contributed by atoms with van der Waals surface area (Å²) < 4.78 is 13.5. The van der Waals surface area contributed by atoms with Gasteiger partial charge >= 0.3 is 0 Å². The number of amides is 2. The number of carbonyl (C=O) groups excluding carboxylic acids is 2. The van der Waals surface area contributed by atoms with Gasteiger partial charge in [0.05, 0.1) is 22.7 Å². The number of halogens is 2. The molecule has 2 amide bonds. The molecule has 1 aliphatic heterocycles. The van der Waals surface area contributed by atoms with Gasteiger partial charge in [-0.25, -0.2) is 4.39 Å². The highest BCUT2D eigenvalue weighted by Crippen LogP contribution is 2.28. The van der Waals surface area contributed by atoms with Crippen molar-refractivity contribution in [3.8, 4) is 0 Å². The number of carbonyl (C=O) groups is 2. The summed E-state index contributed by atoms with van der Waals surface area (Å²) in [6.07, 6.45) is 6.11. The highest BCUT2D eigenvalue weighted by molar-refractivity contribution is 6.33. The lowest BCUT2D eigenvalue weighted by atomic mass is 9.96. The van der Waals surface area contributed by atoms with Crippen molar-refractivity contribution in [3.05, 3.63) is 28.8 Å². The summed E-state index contributed by atoms with van der Waals surface area (Å²) in [5.74, 6) is -0.683. The van der Waals surface area contributed by atoms with Gasteiger partial charge in [-0.05, 0) is 31.6 Å². The third kappa shape index (κ3) is 3.80. The molecule has 1 atom stereocenters. The summed E-state index contributed by atoms with van der Waals surface area (Å²) in [5, 5.41) is 2.74. The Morgan fingerprint density at radius 1 is 1.35 bits per heavy atom. The predicted molar refractivity (Wildman–Crippen MR) is 83.6 cm³/mol. The summed E-state index contributed by atoms with van der Waals surface area (Å²) in [7, 11) is 0. The van der Waals surface area contributed by atoms with Gasteiger partial charge in [0.2, 0.25) is 5.91 Å². The van der Waals surface area contributed by atoms with E-state index in [2.05, 4.69) is 10.3 Å². The molecule has 23 heavy (non-hydrogen) atoms. The van der Waals surface area contributed by atoms with E-state index in [-0.39, 0.29) is 28.3 Å². The summed E-state index contributed by atoms with van der Waals surface area (Å²) >= 11 is 5.86. The number of nitrogens with one attached hydrogen (secondary N) is 1. The van der Waals surface area contributed by atoms with E-state index in [0.29, 0.717) is 19.0 Å². The zero-order chi connectivity index (χ0) is 16.4. The van der Waals surface area contributed by atoms with Crippen LogP contribution < -0.4 is 5.32 Å². The number of aromatic nitrogens is 1. The maximum Gasteiger partial charge on any atom is 0.257 e. The molecule has 2 heterocycles. The molecule has 0 radical (unpaired) electrons. The number of pyridine rings is 1. The summed E-state index contributed by atoms with van der Waals surface area (Å²) in [4.78, 5) is 30.0. The van der Waals surface area contributed by atoms with Gasteiger partial charge in [0.15, 0.2) is 5.82 Å². The third-order valence-corrected chi connectivity index (χ3v) is 4.79. The van der Waals surface area contributed by atoms with Gasteiger partial charge in [0, 0.05) is 25.8 Å². The Labute approximate surface area is 139 Å². The van der Waals surface area contributed by atoms with Crippen LogP contribution in [0.4, 0.5) is 4.39 Å². The second kappa shape index (κ2) is 6.83. The zero-order valence-electron chi connectivity index (χ0n) is 12.7. The molecular weight excluding hydrogens is 321 g/mol. The summed E-state index contributed by atoms with van der Waals surface area (Å²) in [6, 6.07) is 0. The molecule has 0 unspecified atom stereocenters. The Kier molecular flexibility index (Phi) is 4.80. The fraction of sp³-hybridized carbons (Fsp3) is 0.562. The van der Waals surface area contributed by atoms with Crippen molar-refractivity contribution < 1.29 is 14.0 Å². The lowest BCUT2D eigenvalue weighted by molar-refractivity contribution is -0.126. The van der Waals surface area contributed by atoms with Crippen molar-refractivity contribution in [2.45, 2.75) is 25.7 Å². The van der Waals surface area contributed by atoms with Gasteiger partial charge in [0.1, 0.15) is 0 Å². The van der Waals surface area contributed by atoms with E-state index >= 15 is 0 Å². The molecule has 0 spiro atoms. The SMILES string of the molecule is O=C(NCC1CC1)[C@@H]1CCCN(C(=O)c2cncc(F)c2Cl)C1. The van der Waals surface area contributed by atoms with Crippen LogP contribution >= 0.6 is 11.6 Å². The summed E-state index contributed by atoms with van der Waals surface area (Å²) in [6.45, 7) is 1.60. The second-order valence-electron chi connectivity index (χ2n) is 6.26. The molecule has 124 valence electrons. The van der Waals surface area contributed by atoms with Crippen LogP contribution in [0.3, 0.4) is 0 Å². The van der Waals surface area contributed by atoms with Crippen LogP contribution in [-0.2, 0) is 4.79 Å². The van der Waals surface area contributed by atoms with E-state index in [0.717, 1.165) is 25.6 Å². The van der Waals surface area contributed by atoms with E-state index in [4.69, 9.17) is 11.6 Å². The first-order chi connectivity index (χ1) is 11.1. The Hall–Kier alpha value is -1.69. The minimum Gasteiger partial charge on any atom is -0.356 e. The first kappa shape index (κ1) is 16.2. The number of hydrogen-bond acceptors (Lipinski definition) is 3. The molecule has 1 N–H and O–H groups in total. The van der Waals surface area contributed by atoms with Crippen molar-refractivity contribution in [3.63, 3.8) is 0 Å².